The van der Waals surface area contributed by atoms with Crippen molar-refractivity contribution in [2.45, 2.75) is 38.6 Å². The van der Waals surface area contributed by atoms with Gasteiger partial charge in [0.15, 0.2) is 17.0 Å². The van der Waals surface area contributed by atoms with Gasteiger partial charge >= 0.3 is 0 Å². The number of nitrogens with two attached hydrogens (primary N) is 2. The molecule has 214 valence electrons. The number of nitrogens with one attached hydrogen (secondary N) is 2. The summed E-state index contributed by atoms with van der Waals surface area (Å²) in [6, 6.07) is 13.8. The zero-order valence-corrected chi connectivity index (χ0v) is 23.0. The van der Waals surface area contributed by atoms with Gasteiger partial charge in [-0.15, -0.1) is 0 Å². The molecule has 1 atom stereocenters. The van der Waals surface area contributed by atoms with Gasteiger partial charge in [0.1, 0.15) is 6.29 Å². The molecule has 0 spiro atoms. The third kappa shape index (κ3) is 8.77. The topological polar surface area (TPSA) is 199 Å². The Morgan fingerprint density at radius 2 is 1.59 bits per heavy atom. The van der Waals surface area contributed by atoms with Crippen molar-refractivity contribution in [3.8, 4) is 0 Å². The lowest BCUT2D eigenvalue weighted by Gasteiger charge is -2.13. The molecule has 2 heterocycles. The molecular weight excluding hydrogens is 524 g/mol. The van der Waals surface area contributed by atoms with Crippen molar-refractivity contribution in [1.29, 1.82) is 0 Å². The van der Waals surface area contributed by atoms with E-state index in [0.29, 0.717) is 60.8 Å². The number of nitrogen functional groups attached to an aromatic ring is 2. The van der Waals surface area contributed by atoms with Crippen LogP contribution in [0.5, 0.6) is 0 Å². The van der Waals surface area contributed by atoms with Gasteiger partial charge in [0.25, 0.3) is 11.8 Å². The van der Waals surface area contributed by atoms with Crippen LogP contribution in [0.3, 0.4) is 0 Å². The molecule has 0 fully saturated rings. The predicted molar refractivity (Wildman–Crippen MR) is 156 cm³/mol. The molecular formula is C29H34N8O4. The fourth-order valence-corrected chi connectivity index (χ4v) is 3.96. The number of aryl methyl sites for hydroxylation is 3. The number of aliphatic hydroxyl groups is 1. The maximum absolute atomic E-state index is 12.6. The number of amides is 2. The van der Waals surface area contributed by atoms with E-state index in [-0.39, 0.29) is 23.6 Å². The van der Waals surface area contributed by atoms with Crippen LogP contribution in [0, 0.1) is 6.92 Å². The SMILES string of the molecule is CO.Cc1ccc(C(=O)NCCCC(C=O)NC(=O)c2ccc(CCc3cnc4nc(N)nc(N)c4n3)cc2)cc1. The number of benzene rings is 2. The maximum atomic E-state index is 12.6. The van der Waals surface area contributed by atoms with Crippen molar-refractivity contribution < 1.29 is 19.5 Å². The number of hydrogen-bond donors (Lipinski definition) is 5. The van der Waals surface area contributed by atoms with Crippen LogP contribution in [-0.4, -0.2) is 62.8 Å². The van der Waals surface area contributed by atoms with Gasteiger partial charge in [-0.1, -0.05) is 29.8 Å². The molecule has 0 saturated heterocycles. The van der Waals surface area contributed by atoms with E-state index in [1.807, 2.05) is 31.2 Å². The Morgan fingerprint density at radius 1 is 0.927 bits per heavy atom. The number of aldehydes is 1. The fraction of sp³-hybridized carbons (Fsp3) is 0.276. The minimum absolute atomic E-state index is 0.0491. The van der Waals surface area contributed by atoms with Crippen molar-refractivity contribution in [2.24, 2.45) is 0 Å². The van der Waals surface area contributed by atoms with Crippen LogP contribution >= 0.6 is 0 Å². The van der Waals surface area contributed by atoms with Gasteiger partial charge < -0.3 is 32.0 Å². The Morgan fingerprint density at radius 3 is 2.27 bits per heavy atom. The summed E-state index contributed by atoms with van der Waals surface area (Å²) >= 11 is 0. The van der Waals surface area contributed by atoms with Gasteiger partial charge in [0.05, 0.1) is 17.9 Å². The van der Waals surface area contributed by atoms with Crippen molar-refractivity contribution in [3.63, 3.8) is 0 Å². The van der Waals surface area contributed by atoms with Crippen LogP contribution in [0.15, 0.2) is 54.7 Å². The van der Waals surface area contributed by atoms with E-state index in [1.54, 1.807) is 30.5 Å². The molecule has 4 aromatic rings. The Balaban J connectivity index is 0.00000226. The van der Waals surface area contributed by atoms with Crippen LogP contribution in [0.2, 0.25) is 0 Å². The van der Waals surface area contributed by atoms with Gasteiger partial charge in [-0.2, -0.15) is 9.97 Å². The number of rotatable bonds is 11. The van der Waals surface area contributed by atoms with E-state index < -0.39 is 6.04 Å². The number of carbonyl (C=O) groups is 3. The molecule has 0 radical (unpaired) electrons. The maximum Gasteiger partial charge on any atom is 0.251 e. The molecule has 0 aliphatic carbocycles. The van der Waals surface area contributed by atoms with Crippen LogP contribution in [0.25, 0.3) is 11.2 Å². The first kappa shape index (κ1) is 30.6. The Kier molecular flexibility index (Phi) is 11.2. The smallest absolute Gasteiger partial charge is 0.251 e. The summed E-state index contributed by atoms with van der Waals surface area (Å²) in [5, 5.41) is 12.6. The summed E-state index contributed by atoms with van der Waals surface area (Å²) < 4.78 is 0. The van der Waals surface area contributed by atoms with E-state index in [9.17, 15) is 14.4 Å². The molecule has 12 heteroatoms. The number of anilines is 2. The van der Waals surface area contributed by atoms with E-state index in [1.165, 1.54) is 0 Å². The Hall–Kier alpha value is -4.97. The second kappa shape index (κ2) is 15.0. The molecule has 0 aliphatic heterocycles. The molecule has 0 saturated carbocycles. The first-order valence-corrected chi connectivity index (χ1v) is 13.0. The average molecular weight is 559 g/mol. The highest BCUT2D eigenvalue weighted by atomic mass is 16.2. The standard InChI is InChI=1S/C28H30N8O3.CH4O/c1-17-4-9-19(10-5-17)26(38)31-14-2-3-22(16-37)34-27(39)20-11-6-18(7-12-20)8-13-21-15-32-25-23(33-21)24(29)35-28(30)36-25;1-2/h4-7,9-12,15-16,22H,2-3,8,13-14H2,1H3,(H,31,38)(H,34,39)(H4,29,30,32,35,36);2H,1H3. The second-order valence-corrected chi connectivity index (χ2v) is 9.18. The first-order valence-electron chi connectivity index (χ1n) is 13.0. The fourth-order valence-electron chi connectivity index (χ4n) is 3.96. The highest BCUT2D eigenvalue weighted by Gasteiger charge is 2.14. The molecule has 2 aromatic heterocycles. The number of hydrogen-bond acceptors (Lipinski definition) is 10. The Bertz CT molecular complexity index is 1480. The quantitative estimate of drug-likeness (QED) is 0.134. The number of fused-ring (bicyclic) bond motifs is 1. The first-order chi connectivity index (χ1) is 19.8. The normalized spacial score (nSPS) is 11.2. The molecule has 7 N–H and O–H groups in total. The van der Waals surface area contributed by atoms with Crippen LogP contribution in [0.4, 0.5) is 11.8 Å². The molecule has 0 aliphatic rings. The minimum Gasteiger partial charge on any atom is -0.400 e. The Labute approximate surface area is 237 Å². The summed E-state index contributed by atoms with van der Waals surface area (Å²) in [5.41, 5.74) is 16.1. The van der Waals surface area contributed by atoms with Gasteiger partial charge in [-0.3, -0.25) is 9.59 Å². The predicted octanol–water partition coefficient (Wildman–Crippen LogP) is 1.79. The number of aliphatic hydroxyl groups excluding tert-OH is 1. The molecule has 2 amide bonds. The summed E-state index contributed by atoms with van der Waals surface area (Å²) in [6.45, 7) is 2.36. The summed E-state index contributed by atoms with van der Waals surface area (Å²) in [6.07, 6.45) is 4.57. The molecule has 12 nitrogen and oxygen atoms in total. The highest BCUT2D eigenvalue weighted by Crippen LogP contribution is 2.16. The lowest BCUT2D eigenvalue weighted by Crippen LogP contribution is -2.36. The van der Waals surface area contributed by atoms with E-state index >= 15 is 0 Å². The monoisotopic (exact) mass is 558 g/mol. The number of aromatic nitrogens is 4. The third-order valence-corrected chi connectivity index (χ3v) is 6.16. The average Bonchev–Trinajstić information content (AvgIpc) is 2.99. The van der Waals surface area contributed by atoms with Crippen LogP contribution in [-0.2, 0) is 17.6 Å². The number of carbonyl (C=O) groups excluding carboxylic acids is 3. The van der Waals surface area contributed by atoms with E-state index in [4.69, 9.17) is 16.6 Å². The minimum atomic E-state index is -0.647. The van der Waals surface area contributed by atoms with Gasteiger partial charge in [-0.05, 0) is 62.4 Å². The van der Waals surface area contributed by atoms with Crippen LogP contribution < -0.4 is 22.1 Å². The lowest BCUT2D eigenvalue weighted by atomic mass is 10.1. The third-order valence-electron chi connectivity index (χ3n) is 6.16. The highest BCUT2D eigenvalue weighted by molar-refractivity contribution is 5.95. The van der Waals surface area contributed by atoms with Crippen molar-refractivity contribution in [1.82, 2.24) is 30.6 Å². The van der Waals surface area contributed by atoms with E-state index in [2.05, 4.69) is 30.6 Å². The van der Waals surface area contributed by atoms with Crippen LogP contribution in [0.1, 0.15) is 50.4 Å². The second-order valence-electron chi connectivity index (χ2n) is 9.18. The molecule has 0 bridgehead atoms. The zero-order chi connectivity index (χ0) is 29.8. The lowest BCUT2D eigenvalue weighted by molar-refractivity contribution is -0.109. The van der Waals surface area contributed by atoms with Crippen molar-refractivity contribution in [2.75, 3.05) is 25.1 Å². The number of nitrogens with zero attached hydrogens (tertiary/aromatic N) is 4. The van der Waals surface area contributed by atoms with Gasteiger partial charge in [-0.25, -0.2) is 9.97 Å². The van der Waals surface area contributed by atoms with E-state index in [0.717, 1.165) is 23.9 Å². The molecule has 2 aromatic carbocycles. The van der Waals surface area contributed by atoms with Gasteiger partial charge in [0, 0.05) is 24.8 Å². The van der Waals surface area contributed by atoms with Crippen molar-refractivity contribution in [3.05, 3.63) is 82.7 Å². The zero-order valence-electron chi connectivity index (χ0n) is 23.0. The summed E-state index contributed by atoms with van der Waals surface area (Å²) in [7, 11) is 1.00. The van der Waals surface area contributed by atoms with Crippen molar-refractivity contribution >= 4 is 41.0 Å². The van der Waals surface area contributed by atoms with Gasteiger partial charge in [0.2, 0.25) is 5.95 Å². The summed E-state index contributed by atoms with van der Waals surface area (Å²) in [4.78, 5) is 53.1. The molecule has 4 rings (SSSR count). The molecule has 41 heavy (non-hydrogen) atoms. The largest absolute Gasteiger partial charge is 0.400 e. The molecule has 1 unspecified atom stereocenters. The summed E-state index contributed by atoms with van der Waals surface area (Å²) in [5.74, 6) is -0.272.